The second-order valence-electron chi connectivity index (χ2n) is 8.25. The summed E-state index contributed by atoms with van der Waals surface area (Å²) in [5, 5.41) is 0. The van der Waals surface area contributed by atoms with Crippen LogP contribution in [0.2, 0.25) is 0 Å². The number of carbonyl (C=O) groups excluding carboxylic acids is 1. The van der Waals surface area contributed by atoms with Crippen molar-refractivity contribution in [1.82, 2.24) is 9.80 Å². The first-order chi connectivity index (χ1) is 14.3. The summed E-state index contributed by atoms with van der Waals surface area (Å²) >= 11 is 0. The van der Waals surface area contributed by atoms with Crippen molar-refractivity contribution in [1.29, 1.82) is 0 Å². The number of hydrogen-bond donors (Lipinski definition) is 0. The van der Waals surface area contributed by atoms with Gasteiger partial charge < -0.3 is 9.80 Å². The van der Waals surface area contributed by atoms with Crippen LogP contribution in [0.4, 0.5) is 5.69 Å². The van der Waals surface area contributed by atoms with Gasteiger partial charge in [0.2, 0.25) is 5.91 Å². The van der Waals surface area contributed by atoms with Gasteiger partial charge in [0.1, 0.15) is 6.54 Å². The van der Waals surface area contributed by atoms with Gasteiger partial charge in [-0.1, -0.05) is 45.0 Å². The largest absolute Gasteiger partial charge is 0.339 e. The molecule has 0 saturated carbocycles. The number of hydrogen-bond acceptors (Lipinski definition) is 4. The Morgan fingerprint density at radius 2 is 1.70 bits per heavy atom. The maximum Gasteiger partial charge on any atom is 0.265 e. The van der Waals surface area contributed by atoms with Crippen molar-refractivity contribution in [2.75, 3.05) is 43.6 Å². The van der Waals surface area contributed by atoms with Crippen LogP contribution in [0, 0.1) is 0 Å². The molecule has 2 heterocycles. The Morgan fingerprint density at radius 3 is 2.37 bits per heavy atom. The van der Waals surface area contributed by atoms with Crippen LogP contribution in [-0.2, 0) is 14.8 Å². The van der Waals surface area contributed by atoms with Gasteiger partial charge in [0, 0.05) is 37.3 Å². The summed E-state index contributed by atoms with van der Waals surface area (Å²) in [7, 11) is -3.80. The van der Waals surface area contributed by atoms with E-state index in [9.17, 15) is 13.2 Å². The number of anilines is 1. The molecule has 2 aliphatic rings. The van der Waals surface area contributed by atoms with Crippen molar-refractivity contribution in [2.45, 2.75) is 31.6 Å². The van der Waals surface area contributed by atoms with E-state index < -0.39 is 10.0 Å². The summed E-state index contributed by atoms with van der Waals surface area (Å²) in [6.45, 7) is 10.1. The van der Waals surface area contributed by atoms with Crippen LogP contribution in [-0.4, -0.2) is 63.4 Å². The smallest absolute Gasteiger partial charge is 0.265 e. The number of piperazine rings is 1. The SMILES string of the molecule is CCN1CCN(C(=O)CN2c3ccc(C(C)C)cc3-c3ccccc3S2(=O)=O)CC1. The van der Waals surface area contributed by atoms with Gasteiger partial charge in [-0.2, -0.15) is 0 Å². The third-order valence-corrected chi connectivity index (χ3v) is 7.97. The monoisotopic (exact) mass is 427 g/mol. The van der Waals surface area contributed by atoms with Crippen LogP contribution < -0.4 is 4.31 Å². The third-order valence-electron chi connectivity index (χ3n) is 6.15. The maximum absolute atomic E-state index is 13.4. The van der Waals surface area contributed by atoms with E-state index in [1.165, 1.54) is 4.31 Å². The lowest BCUT2D eigenvalue weighted by Gasteiger charge is -2.37. The van der Waals surface area contributed by atoms with Crippen LogP contribution in [0.15, 0.2) is 47.4 Å². The van der Waals surface area contributed by atoms with E-state index >= 15 is 0 Å². The zero-order valence-electron chi connectivity index (χ0n) is 17.8. The molecule has 1 amide bonds. The number of benzene rings is 2. The molecule has 30 heavy (non-hydrogen) atoms. The highest BCUT2D eigenvalue weighted by atomic mass is 32.2. The molecule has 160 valence electrons. The molecule has 0 N–H and O–H groups in total. The molecule has 0 radical (unpaired) electrons. The molecule has 0 aromatic heterocycles. The van der Waals surface area contributed by atoms with Crippen molar-refractivity contribution < 1.29 is 13.2 Å². The van der Waals surface area contributed by atoms with Crippen molar-refractivity contribution in [3.63, 3.8) is 0 Å². The number of nitrogens with zero attached hydrogens (tertiary/aromatic N) is 3. The molecular weight excluding hydrogens is 398 g/mol. The van der Waals surface area contributed by atoms with Gasteiger partial charge in [-0.15, -0.1) is 0 Å². The number of fused-ring (bicyclic) bond motifs is 3. The van der Waals surface area contributed by atoms with E-state index in [0.29, 0.717) is 30.3 Å². The molecular formula is C23H29N3O3S. The van der Waals surface area contributed by atoms with Crippen LogP contribution in [0.3, 0.4) is 0 Å². The minimum Gasteiger partial charge on any atom is -0.339 e. The highest BCUT2D eigenvalue weighted by Gasteiger charge is 2.37. The van der Waals surface area contributed by atoms with Gasteiger partial charge in [-0.3, -0.25) is 9.10 Å². The van der Waals surface area contributed by atoms with Gasteiger partial charge in [0.05, 0.1) is 10.6 Å². The van der Waals surface area contributed by atoms with Gasteiger partial charge in [0.25, 0.3) is 10.0 Å². The van der Waals surface area contributed by atoms with Gasteiger partial charge in [-0.05, 0) is 36.2 Å². The maximum atomic E-state index is 13.4. The van der Waals surface area contributed by atoms with E-state index in [1.54, 1.807) is 17.0 Å². The van der Waals surface area contributed by atoms with Crippen LogP contribution in [0.5, 0.6) is 0 Å². The fraction of sp³-hybridized carbons (Fsp3) is 0.435. The Hall–Kier alpha value is -2.38. The summed E-state index contributed by atoms with van der Waals surface area (Å²) in [6, 6.07) is 12.9. The number of sulfonamides is 1. The highest BCUT2D eigenvalue weighted by molar-refractivity contribution is 7.93. The standard InChI is InChI=1S/C23H29N3O3S/c1-4-24-11-13-25(14-12-24)23(27)16-26-21-10-9-18(17(2)3)15-20(21)19-7-5-6-8-22(19)30(26,28)29/h5-10,15,17H,4,11-14,16H2,1-3H3. The molecule has 2 aromatic carbocycles. The van der Waals surface area contributed by atoms with Crippen molar-refractivity contribution in [3.05, 3.63) is 48.0 Å². The van der Waals surface area contributed by atoms with E-state index in [2.05, 4.69) is 31.7 Å². The fourth-order valence-electron chi connectivity index (χ4n) is 4.21. The van der Waals surface area contributed by atoms with Crippen LogP contribution >= 0.6 is 0 Å². The molecule has 1 saturated heterocycles. The number of rotatable bonds is 4. The number of amides is 1. The second-order valence-corrected chi connectivity index (χ2v) is 10.1. The molecule has 0 bridgehead atoms. The van der Waals surface area contributed by atoms with Crippen LogP contribution in [0.1, 0.15) is 32.3 Å². The van der Waals surface area contributed by atoms with Crippen LogP contribution in [0.25, 0.3) is 11.1 Å². The minimum atomic E-state index is -3.80. The van der Waals surface area contributed by atoms with Gasteiger partial charge in [-0.25, -0.2) is 8.42 Å². The van der Waals surface area contributed by atoms with Gasteiger partial charge in [0.15, 0.2) is 0 Å². The normalized spacial score (nSPS) is 18.3. The van der Waals surface area contributed by atoms with E-state index in [1.807, 2.05) is 24.3 Å². The van der Waals surface area contributed by atoms with Crippen molar-refractivity contribution >= 4 is 21.6 Å². The summed E-state index contributed by atoms with van der Waals surface area (Å²) in [6.07, 6.45) is 0. The summed E-state index contributed by atoms with van der Waals surface area (Å²) in [5.74, 6) is 0.179. The average Bonchev–Trinajstić information content (AvgIpc) is 2.76. The lowest BCUT2D eigenvalue weighted by atomic mass is 9.95. The molecule has 2 aliphatic heterocycles. The molecule has 0 spiro atoms. The first-order valence-corrected chi connectivity index (χ1v) is 12.0. The van der Waals surface area contributed by atoms with Crippen molar-refractivity contribution in [2.24, 2.45) is 0 Å². The molecule has 0 aliphatic carbocycles. The zero-order chi connectivity index (χ0) is 21.5. The minimum absolute atomic E-state index is 0.146. The predicted molar refractivity (Wildman–Crippen MR) is 119 cm³/mol. The Kier molecular flexibility index (Phi) is 5.59. The van der Waals surface area contributed by atoms with E-state index in [-0.39, 0.29) is 17.3 Å². The lowest BCUT2D eigenvalue weighted by molar-refractivity contribution is -0.131. The second kappa shape index (κ2) is 8.04. The summed E-state index contributed by atoms with van der Waals surface area (Å²) in [4.78, 5) is 17.4. The fourth-order valence-corrected chi connectivity index (χ4v) is 5.86. The molecule has 7 heteroatoms. The topological polar surface area (TPSA) is 60.9 Å². The number of carbonyl (C=O) groups is 1. The van der Waals surface area contributed by atoms with Gasteiger partial charge >= 0.3 is 0 Å². The Labute approximate surface area is 179 Å². The third kappa shape index (κ3) is 3.61. The van der Waals surface area contributed by atoms with Crippen molar-refractivity contribution in [3.8, 4) is 11.1 Å². The molecule has 6 nitrogen and oxygen atoms in total. The molecule has 4 rings (SSSR count). The molecule has 0 unspecified atom stereocenters. The Balaban J connectivity index is 1.71. The zero-order valence-corrected chi connectivity index (χ0v) is 18.7. The first-order valence-electron chi connectivity index (χ1n) is 10.6. The quantitative estimate of drug-likeness (QED) is 0.752. The van der Waals surface area contributed by atoms with E-state index in [0.717, 1.165) is 30.8 Å². The summed E-state index contributed by atoms with van der Waals surface area (Å²) in [5.41, 5.74) is 3.30. The predicted octanol–water partition coefficient (Wildman–Crippen LogP) is 3.15. The molecule has 1 fully saturated rings. The van der Waals surface area contributed by atoms with E-state index in [4.69, 9.17) is 0 Å². The molecule has 0 atom stereocenters. The Morgan fingerprint density at radius 1 is 1.00 bits per heavy atom. The lowest BCUT2D eigenvalue weighted by Crippen LogP contribution is -2.52. The summed E-state index contributed by atoms with van der Waals surface area (Å²) < 4.78 is 28.2. The average molecular weight is 428 g/mol. The molecule has 2 aromatic rings. The number of likely N-dealkylation sites (N-methyl/N-ethyl adjacent to an activating group) is 1. The Bertz CT molecular complexity index is 1060. The first kappa shape index (κ1) is 20.9. The highest BCUT2D eigenvalue weighted by Crippen LogP contribution is 2.44.